The van der Waals surface area contributed by atoms with E-state index in [0.29, 0.717) is 42.7 Å². The smallest absolute Gasteiger partial charge is 0.475 e. The van der Waals surface area contributed by atoms with Crippen molar-refractivity contribution in [2.75, 3.05) is 36.9 Å². The Hall–Kier alpha value is -3.38. The van der Waals surface area contributed by atoms with Crippen LogP contribution in [0.2, 0.25) is 5.02 Å². The van der Waals surface area contributed by atoms with E-state index in [-0.39, 0.29) is 23.3 Å². The first kappa shape index (κ1) is 27.2. The van der Waals surface area contributed by atoms with E-state index >= 15 is 0 Å². The van der Waals surface area contributed by atoms with Gasteiger partial charge in [-0.25, -0.2) is 9.59 Å². The van der Waals surface area contributed by atoms with Crippen LogP contribution in [0.15, 0.2) is 48.8 Å². The molecule has 2 aliphatic heterocycles. The zero-order chi connectivity index (χ0) is 26.3. The first-order chi connectivity index (χ1) is 17.0. The van der Waals surface area contributed by atoms with Crippen LogP contribution in [-0.2, 0) is 14.3 Å². The number of anilines is 2. The largest absolute Gasteiger partial charge is 0.490 e. The average molecular weight is 529 g/mol. The summed E-state index contributed by atoms with van der Waals surface area (Å²) in [5, 5.41) is 13.6. The van der Waals surface area contributed by atoms with Gasteiger partial charge in [-0.3, -0.25) is 9.78 Å². The van der Waals surface area contributed by atoms with Gasteiger partial charge in [0.05, 0.1) is 17.8 Å². The van der Waals surface area contributed by atoms with E-state index in [1.165, 1.54) is 0 Å². The van der Waals surface area contributed by atoms with Crippen molar-refractivity contribution in [3.63, 3.8) is 0 Å². The average Bonchev–Trinajstić information content (AvgIpc) is 3.20. The van der Waals surface area contributed by atoms with E-state index in [4.69, 9.17) is 26.2 Å². The van der Waals surface area contributed by atoms with Crippen molar-refractivity contribution >= 4 is 40.9 Å². The fourth-order valence-corrected chi connectivity index (χ4v) is 4.30. The van der Waals surface area contributed by atoms with Crippen LogP contribution in [0.3, 0.4) is 0 Å². The summed E-state index contributed by atoms with van der Waals surface area (Å²) in [6.07, 6.45) is -0.297. The number of carbonyl (C=O) groups excluding carboxylic acids is 2. The SMILES string of the molecule is O=C(Nc1cccnc1)C1CN(C(=O)Nc2ccc(Cl)cc2)CC12CCOCC2.O=C(O)C(F)(F)F. The molecule has 3 heterocycles. The number of aliphatic carboxylic acids is 1. The van der Waals surface area contributed by atoms with Gasteiger partial charge in [0.1, 0.15) is 0 Å². The highest BCUT2D eigenvalue weighted by molar-refractivity contribution is 6.30. The maximum Gasteiger partial charge on any atom is 0.490 e. The molecule has 2 aliphatic rings. The molecule has 13 heteroatoms. The number of urea groups is 1. The van der Waals surface area contributed by atoms with Crippen molar-refractivity contribution in [1.29, 1.82) is 0 Å². The minimum Gasteiger partial charge on any atom is -0.475 e. The number of alkyl halides is 3. The maximum atomic E-state index is 13.1. The second kappa shape index (κ2) is 11.6. The predicted octanol–water partition coefficient (Wildman–Crippen LogP) is 4.27. The zero-order valence-electron chi connectivity index (χ0n) is 18.9. The van der Waals surface area contributed by atoms with Gasteiger partial charge in [0, 0.05) is 48.6 Å². The summed E-state index contributed by atoms with van der Waals surface area (Å²) < 4.78 is 37.3. The quantitative estimate of drug-likeness (QED) is 0.547. The van der Waals surface area contributed by atoms with Gasteiger partial charge in [-0.2, -0.15) is 13.2 Å². The third-order valence-electron chi connectivity index (χ3n) is 6.01. The van der Waals surface area contributed by atoms with E-state index < -0.39 is 12.1 Å². The summed E-state index contributed by atoms with van der Waals surface area (Å²) in [5.41, 5.74) is 1.05. The summed E-state index contributed by atoms with van der Waals surface area (Å²) >= 11 is 5.91. The Balaban J connectivity index is 0.000000454. The molecule has 194 valence electrons. The number of hydrogen-bond donors (Lipinski definition) is 3. The Morgan fingerprint density at radius 3 is 2.28 bits per heavy atom. The molecule has 1 aromatic heterocycles. The fraction of sp³-hybridized carbons (Fsp3) is 0.391. The van der Waals surface area contributed by atoms with Crippen molar-refractivity contribution < 1.29 is 37.4 Å². The minimum atomic E-state index is -5.08. The number of likely N-dealkylation sites (tertiary alicyclic amines) is 1. The van der Waals surface area contributed by atoms with Crippen LogP contribution in [-0.4, -0.2) is 65.4 Å². The highest BCUT2D eigenvalue weighted by atomic mass is 35.5. The molecular weight excluding hydrogens is 505 g/mol. The Kier molecular flexibility index (Phi) is 8.75. The van der Waals surface area contributed by atoms with Crippen LogP contribution in [0.25, 0.3) is 0 Å². The van der Waals surface area contributed by atoms with E-state index in [1.54, 1.807) is 47.6 Å². The molecule has 2 aromatic rings. The van der Waals surface area contributed by atoms with Crippen molar-refractivity contribution in [1.82, 2.24) is 9.88 Å². The van der Waals surface area contributed by atoms with Gasteiger partial charge in [0.25, 0.3) is 0 Å². The molecule has 2 saturated heterocycles. The number of benzene rings is 1. The molecule has 0 bridgehead atoms. The Bertz CT molecular complexity index is 1060. The number of ether oxygens (including phenoxy) is 1. The number of carboxylic acid groups (broad SMARTS) is 1. The number of hydrogen-bond acceptors (Lipinski definition) is 5. The van der Waals surface area contributed by atoms with E-state index in [9.17, 15) is 22.8 Å². The second-order valence-electron chi connectivity index (χ2n) is 8.38. The number of nitrogens with one attached hydrogen (secondary N) is 2. The van der Waals surface area contributed by atoms with Crippen LogP contribution in [0.5, 0.6) is 0 Å². The summed E-state index contributed by atoms with van der Waals surface area (Å²) in [5.74, 6) is -3.14. The molecule has 1 spiro atoms. The number of carbonyl (C=O) groups is 3. The summed E-state index contributed by atoms with van der Waals surface area (Å²) in [6.45, 7) is 2.10. The molecule has 0 radical (unpaired) electrons. The minimum absolute atomic E-state index is 0.0818. The lowest BCUT2D eigenvalue weighted by Crippen LogP contribution is -2.42. The van der Waals surface area contributed by atoms with Crippen LogP contribution < -0.4 is 10.6 Å². The molecule has 3 amide bonds. The lowest BCUT2D eigenvalue weighted by Gasteiger charge is -2.37. The lowest BCUT2D eigenvalue weighted by atomic mass is 9.71. The first-order valence-electron chi connectivity index (χ1n) is 10.9. The van der Waals surface area contributed by atoms with E-state index in [1.807, 2.05) is 6.07 Å². The number of halogens is 4. The van der Waals surface area contributed by atoms with Gasteiger partial charge >= 0.3 is 18.2 Å². The molecule has 2 fully saturated rings. The van der Waals surface area contributed by atoms with Gasteiger partial charge in [0.2, 0.25) is 5.91 Å². The van der Waals surface area contributed by atoms with E-state index in [2.05, 4.69) is 15.6 Å². The fourth-order valence-electron chi connectivity index (χ4n) is 4.17. The predicted molar refractivity (Wildman–Crippen MR) is 125 cm³/mol. The second-order valence-corrected chi connectivity index (χ2v) is 8.82. The van der Waals surface area contributed by atoms with Crippen LogP contribution >= 0.6 is 11.6 Å². The molecule has 9 nitrogen and oxygen atoms in total. The highest BCUT2D eigenvalue weighted by Gasteiger charge is 2.51. The van der Waals surface area contributed by atoms with Crippen LogP contribution in [0.1, 0.15) is 12.8 Å². The Morgan fingerprint density at radius 1 is 1.08 bits per heavy atom. The monoisotopic (exact) mass is 528 g/mol. The maximum absolute atomic E-state index is 13.1. The summed E-state index contributed by atoms with van der Waals surface area (Å²) in [4.78, 5) is 40.6. The molecule has 0 aliphatic carbocycles. The van der Waals surface area contributed by atoms with Crippen molar-refractivity contribution in [3.8, 4) is 0 Å². The standard InChI is InChI=1S/C21H23ClN4O3.C2HF3O2/c22-15-3-5-16(6-4-15)25-20(28)26-13-18(21(14-26)7-10-29-11-8-21)19(27)24-17-2-1-9-23-12-17;3-2(4,5)1(6)7/h1-6,9,12,18H,7-8,10-11,13-14H2,(H,24,27)(H,25,28);(H,6,7). The highest BCUT2D eigenvalue weighted by Crippen LogP contribution is 2.45. The number of pyridine rings is 1. The summed E-state index contributed by atoms with van der Waals surface area (Å²) in [7, 11) is 0. The molecule has 4 rings (SSSR count). The van der Waals surface area contributed by atoms with Crippen LogP contribution in [0.4, 0.5) is 29.3 Å². The van der Waals surface area contributed by atoms with Gasteiger partial charge in [-0.05, 0) is 49.2 Å². The Morgan fingerprint density at radius 2 is 1.72 bits per heavy atom. The number of amides is 3. The van der Waals surface area contributed by atoms with Gasteiger partial charge in [0.15, 0.2) is 0 Å². The number of rotatable bonds is 3. The lowest BCUT2D eigenvalue weighted by molar-refractivity contribution is -0.192. The number of carboxylic acids is 1. The summed E-state index contributed by atoms with van der Waals surface area (Å²) in [6, 6.07) is 10.3. The molecular formula is C23H24ClF3N4O5. The zero-order valence-corrected chi connectivity index (χ0v) is 19.7. The van der Waals surface area contributed by atoms with Gasteiger partial charge < -0.3 is 25.4 Å². The molecule has 3 N–H and O–H groups in total. The van der Waals surface area contributed by atoms with Gasteiger partial charge in [-0.1, -0.05) is 11.6 Å². The topological polar surface area (TPSA) is 121 Å². The number of nitrogens with zero attached hydrogens (tertiary/aromatic N) is 2. The van der Waals surface area contributed by atoms with Gasteiger partial charge in [-0.15, -0.1) is 0 Å². The van der Waals surface area contributed by atoms with Crippen molar-refractivity contribution in [2.24, 2.45) is 11.3 Å². The number of aromatic nitrogens is 1. The van der Waals surface area contributed by atoms with Crippen molar-refractivity contribution in [2.45, 2.75) is 19.0 Å². The van der Waals surface area contributed by atoms with Crippen LogP contribution in [0, 0.1) is 11.3 Å². The normalized spacial score (nSPS) is 18.7. The Labute approximate surface area is 209 Å². The molecule has 0 saturated carbocycles. The molecule has 36 heavy (non-hydrogen) atoms. The first-order valence-corrected chi connectivity index (χ1v) is 11.3. The third-order valence-corrected chi connectivity index (χ3v) is 6.26. The molecule has 1 atom stereocenters. The molecule has 1 aromatic carbocycles. The third kappa shape index (κ3) is 7.08. The van der Waals surface area contributed by atoms with Crippen molar-refractivity contribution in [3.05, 3.63) is 53.8 Å². The molecule has 1 unspecified atom stereocenters. The van der Waals surface area contributed by atoms with E-state index in [0.717, 1.165) is 12.8 Å².